The molecule has 0 aliphatic carbocycles. The van der Waals surface area contributed by atoms with Crippen molar-refractivity contribution in [2.75, 3.05) is 10.2 Å². The highest BCUT2D eigenvalue weighted by molar-refractivity contribution is 9.10. The average Bonchev–Trinajstić information content (AvgIpc) is 2.76. The highest BCUT2D eigenvalue weighted by atomic mass is 79.9. The number of aliphatic imine (C=N–C) groups is 1. The number of para-hydroxylation sites is 2. The van der Waals surface area contributed by atoms with Gasteiger partial charge in [0.2, 0.25) is 11.8 Å². The molecule has 0 aromatic heterocycles. The Morgan fingerprint density at radius 2 is 1.60 bits per heavy atom. The Bertz CT molecular complexity index is 1070. The van der Waals surface area contributed by atoms with Gasteiger partial charge in [-0.25, -0.2) is 4.99 Å². The largest absolute Gasteiger partial charge is 0.325 e. The first-order valence-electron chi connectivity index (χ1n) is 9.35. The van der Waals surface area contributed by atoms with Crippen molar-refractivity contribution in [1.82, 2.24) is 0 Å². The van der Waals surface area contributed by atoms with Gasteiger partial charge in [-0.15, -0.1) is 0 Å². The number of nitrogens with zero attached hydrogens (tertiary/aromatic N) is 2. The van der Waals surface area contributed by atoms with E-state index < -0.39 is 5.25 Å². The van der Waals surface area contributed by atoms with E-state index in [4.69, 9.17) is 0 Å². The zero-order valence-electron chi connectivity index (χ0n) is 15.9. The number of thioether (sulfide) groups is 1. The number of anilines is 2. The van der Waals surface area contributed by atoms with Crippen molar-refractivity contribution in [3.05, 3.63) is 89.4 Å². The Kier molecular flexibility index (Phi) is 6.30. The van der Waals surface area contributed by atoms with Crippen LogP contribution in [0.1, 0.15) is 6.42 Å². The van der Waals surface area contributed by atoms with Crippen molar-refractivity contribution >= 4 is 61.7 Å². The number of rotatable bonds is 4. The van der Waals surface area contributed by atoms with Gasteiger partial charge in [0.1, 0.15) is 5.25 Å². The number of halogens is 1. The van der Waals surface area contributed by atoms with Gasteiger partial charge in [-0.1, -0.05) is 64.1 Å². The molecule has 1 fully saturated rings. The van der Waals surface area contributed by atoms with Gasteiger partial charge < -0.3 is 5.32 Å². The van der Waals surface area contributed by atoms with Crippen LogP contribution < -0.4 is 10.2 Å². The molecule has 4 rings (SSSR count). The molecule has 1 heterocycles. The quantitative estimate of drug-likeness (QED) is 0.528. The van der Waals surface area contributed by atoms with E-state index in [2.05, 4.69) is 26.2 Å². The molecule has 1 aliphatic rings. The van der Waals surface area contributed by atoms with Gasteiger partial charge in [-0.2, -0.15) is 0 Å². The summed E-state index contributed by atoms with van der Waals surface area (Å²) >= 11 is 4.68. The fraction of sp³-hybridized carbons (Fsp3) is 0.0870. The second-order valence-corrected chi connectivity index (χ2v) is 8.69. The van der Waals surface area contributed by atoms with E-state index in [9.17, 15) is 9.59 Å². The van der Waals surface area contributed by atoms with Crippen LogP contribution in [0, 0.1) is 0 Å². The maximum atomic E-state index is 13.1. The predicted molar refractivity (Wildman–Crippen MR) is 126 cm³/mol. The number of amidine groups is 1. The number of benzene rings is 3. The van der Waals surface area contributed by atoms with Gasteiger partial charge in [-0.3, -0.25) is 14.5 Å². The minimum atomic E-state index is -0.566. The SMILES string of the molecule is O=C(Nc1ccc(Br)cc1)[C@@H]1CC(=O)N(c2ccccc2)C(=Nc2ccccc2)S1. The summed E-state index contributed by atoms with van der Waals surface area (Å²) < 4.78 is 0.929. The summed E-state index contributed by atoms with van der Waals surface area (Å²) in [4.78, 5) is 32.2. The molecule has 2 amide bonds. The van der Waals surface area contributed by atoms with Crippen molar-refractivity contribution in [3.63, 3.8) is 0 Å². The van der Waals surface area contributed by atoms with Gasteiger partial charge in [0, 0.05) is 16.6 Å². The van der Waals surface area contributed by atoms with Crippen LogP contribution >= 0.6 is 27.7 Å². The second kappa shape index (κ2) is 9.28. The number of hydrogen-bond donors (Lipinski definition) is 1. The lowest BCUT2D eigenvalue weighted by atomic mass is 10.2. The van der Waals surface area contributed by atoms with E-state index in [1.807, 2.05) is 84.9 Å². The van der Waals surface area contributed by atoms with Gasteiger partial charge in [0.15, 0.2) is 5.17 Å². The van der Waals surface area contributed by atoms with Gasteiger partial charge >= 0.3 is 0 Å². The maximum absolute atomic E-state index is 13.1. The van der Waals surface area contributed by atoms with Crippen LogP contribution in [0.4, 0.5) is 17.1 Å². The zero-order valence-corrected chi connectivity index (χ0v) is 18.3. The van der Waals surface area contributed by atoms with Crippen molar-refractivity contribution in [1.29, 1.82) is 0 Å². The van der Waals surface area contributed by atoms with Crippen molar-refractivity contribution in [3.8, 4) is 0 Å². The topological polar surface area (TPSA) is 61.8 Å². The molecule has 30 heavy (non-hydrogen) atoms. The van der Waals surface area contributed by atoms with Gasteiger partial charge in [0.05, 0.1) is 11.4 Å². The summed E-state index contributed by atoms with van der Waals surface area (Å²) in [5.74, 6) is -0.380. The third-order valence-corrected chi connectivity index (χ3v) is 6.13. The van der Waals surface area contributed by atoms with Crippen molar-refractivity contribution in [2.45, 2.75) is 11.7 Å². The Morgan fingerprint density at radius 1 is 0.967 bits per heavy atom. The predicted octanol–water partition coefficient (Wildman–Crippen LogP) is 5.61. The first kappa shape index (κ1) is 20.4. The summed E-state index contributed by atoms with van der Waals surface area (Å²) in [5.41, 5.74) is 2.14. The van der Waals surface area contributed by atoms with Crippen molar-refractivity contribution < 1.29 is 9.59 Å². The number of hydrogen-bond acceptors (Lipinski definition) is 4. The molecule has 0 unspecified atom stereocenters. The fourth-order valence-electron chi connectivity index (χ4n) is 3.00. The fourth-order valence-corrected chi connectivity index (χ4v) is 4.38. The lowest BCUT2D eigenvalue weighted by Crippen LogP contribution is -2.45. The highest BCUT2D eigenvalue weighted by Crippen LogP contribution is 2.33. The molecular formula is C23H18BrN3O2S. The lowest BCUT2D eigenvalue weighted by Gasteiger charge is -2.31. The van der Waals surface area contributed by atoms with Crippen LogP contribution in [0.25, 0.3) is 0 Å². The molecule has 0 spiro atoms. The van der Waals surface area contributed by atoms with Crippen LogP contribution in [0.2, 0.25) is 0 Å². The third kappa shape index (κ3) is 4.80. The highest BCUT2D eigenvalue weighted by Gasteiger charge is 2.36. The summed E-state index contributed by atoms with van der Waals surface area (Å²) in [6, 6.07) is 26.1. The van der Waals surface area contributed by atoms with E-state index >= 15 is 0 Å². The molecule has 0 radical (unpaired) electrons. The zero-order chi connectivity index (χ0) is 20.9. The standard InChI is InChI=1S/C23H18BrN3O2S/c24-16-11-13-18(14-12-16)25-22(29)20-15-21(28)27(19-9-5-2-6-10-19)23(30-20)26-17-7-3-1-4-8-17/h1-14,20H,15H2,(H,25,29)/t20-/m0/s1. The number of carbonyl (C=O) groups is 2. The summed E-state index contributed by atoms with van der Waals surface area (Å²) in [6.45, 7) is 0. The van der Waals surface area contributed by atoms with E-state index in [-0.39, 0.29) is 18.2 Å². The molecule has 3 aromatic rings. The van der Waals surface area contributed by atoms with Crippen LogP contribution in [0.3, 0.4) is 0 Å². The van der Waals surface area contributed by atoms with Crippen molar-refractivity contribution in [2.24, 2.45) is 4.99 Å². The first-order valence-corrected chi connectivity index (χ1v) is 11.0. The summed E-state index contributed by atoms with van der Waals surface area (Å²) in [7, 11) is 0. The lowest BCUT2D eigenvalue weighted by molar-refractivity contribution is -0.121. The molecule has 0 bridgehead atoms. The Morgan fingerprint density at radius 3 is 2.27 bits per heavy atom. The van der Waals surface area contributed by atoms with E-state index in [0.29, 0.717) is 10.9 Å². The minimum absolute atomic E-state index is 0.0930. The van der Waals surface area contributed by atoms with E-state index in [1.165, 1.54) is 11.8 Å². The van der Waals surface area contributed by atoms with Crippen LogP contribution in [0.15, 0.2) is 94.4 Å². The molecule has 7 heteroatoms. The minimum Gasteiger partial charge on any atom is -0.325 e. The maximum Gasteiger partial charge on any atom is 0.238 e. The molecule has 3 aromatic carbocycles. The summed E-state index contributed by atoms with van der Waals surface area (Å²) in [5, 5.41) is 2.81. The van der Waals surface area contributed by atoms with Gasteiger partial charge in [0.25, 0.3) is 0 Å². The van der Waals surface area contributed by atoms with E-state index in [0.717, 1.165) is 15.8 Å². The number of nitrogens with one attached hydrogen (secondary N) is 1. The summed E-state index contributed by atoms with van der Waals surface area (Å²) in [6.07, 6.45) is 0.0930. The number of amides is 2. The molecule has 0 saturated carbocycles. The molecule has 150 valence electrons. The Balaban J connectivity index is 1.62. The molecule has 1 aliphatic heterocycles. The smallest absolute Gasteiger partial charge is 0.238 e. The van der Waals surface area contributed by atoms with Crippen LogP contribution in [0.5, 0.6) is 0 Å². The molecule has 1 N–H and O–H groups in total. The second-order valence-electron chi connectivity index (χ2n) is 6.60. The van der Waals surface area contributed by atoms with Crippen LogP contribution in [-0.4, -0.2) is 22.2 Å². The molecule has 1 atom stereocenters. The normalized spacial score (nSPS) is 17.8. The monoisotopic (exact) mass is 479 g/mol. The molecule has 5 nitrogen and oxygen atoms in total. The van der Waals surface area contributed by atoms with Crippen LogP contribution in [-0.2, 0) is 9.59 Å². The first-order chi connectivity index (χ1) is 14.6. The third-order valence-electron chi connectivity index (χ3n) is 4.45. The number of carbonyl (C=O) groups excluding carboxylic acids is 2. The van der Waals surface area contributed by atoms with E-state index in [1.54, 1.807) is 4.90 Å². The Labute approximate surface area is 187 Å². The van der Waals surface area contributed by atoms with Gasteiger partial charge in [-0.05, 0) is 48.5 Å². The average molecular weight is 480 g/mol. The molecule has 1 saturated heterocycles. The molecular weight excluding hydrogens is 462 g/mol. The Hall–Kier alpha value is -2.90.